The molecule has 0 unspecified atom stereocenters. The van der Waals surface area contributed by atoms with E-state index >= 15 is 0 Å². The first-order chi connectivity index (χ1) is 8.97. The predicted octanol–water partition coefficient (Wildman–Crippen LogP) is 3.84. The molecule has 2 rings (SSSR count). The van der Waals surface area contributed by atoms with Crippen molar-refractivity contribution in [2.45, 2.75) is 13.8 Å². The third-order valence-corrected chi connectivity index (χ3v) is 2.77. The highest BCUT2D eigenvalue weighted by Crippen LogP contribution is 2.27. The van der Waals surface area contributed by atoms with E-state index in [1.54, 1.807) is 44.2 Å². The van der Waals surface area contributed by atoms with Crippen LogP contribution in [-0.4, -0.2) is 16.1 Å². The molecule has 0 aliphatic heterocycles. The summed E-state index contributed by atoms with van der Waals surface area (Å²) in [5.41, 5.74) is 1.36. The maximum absolute atomic E-state index is 11.3. The summed E-state index contributed by atoms with van der Waals surface area (Å²) in [6, 6.07) is 8.43. The van der Waals surface area contributed by atoms with Crippen molar-refractivity contribution >= 4 is 17.6 Å². The highest BCUT2D eigenvalue weighted by Gasteiger charge is 2.17. The molecule has 0 fully saturated rings. The van der Waals surface area contributed by atoms with Crippen molar-refractivity contribution in [2.24, 2.45) is 0 Å². The van der Waals surface area contributed by atoms with E-state index in [2.05, 4.69) is 4.98 Å². The number of aryl methyl sites for hydroxylation is 2. The van der Waals surface area contributed by atoms with Gasteiger partial charge in [0.1, 0.15) is 11.3 Å². The molecule has 0 aliphatic carbocycles. The predicted molar refractivity (Wildman–Crippen MR) is 72.2 cm³/mol. The van der Waals surface area contributed by atoms with Crippen LogP contribution in [0.3, 0.4) is 0 Å². The van der Waals surface area contributed by atoms with Crippen molar-refractivity contribution in [1.82, 2.24) is 4.98 Å². The van der Waals surface area contributed by atoms with E-state index in [4.69, 9.17) is 16.3 Å². The Kier molecular flexibility index (Phi) is 3.71. The minimum Gasteiger partial charge on any atom is -0.477 e. The second-order valence-corrected chi connectivity index (χ2v) is 4.56. The highest BCUT2D eigenvalue weighted by molar-refractivity contribution is 6.30. The number of halogens is 1. The lowest BCUT2D eigenvalue weighted by molar-refractivity contribution is 0.0692. The minimum absolute atomic E-state index is 0.0607. The average Bonchev–Trinajstić information content (AvgIpc) is 2.26. The quantitative estimate of drug-likeness (QED) is 0.926. The van der Waals surface area contributed by atoms with Gasteiger partial charge in [-0.25, -0.2) is 9.78 Å². The number of aromatic nitrogens is 1. The summed E-state index contributed by atoms with van der Waals surface area (Å²) < 4.78 is 5.54. The summed E-state index contributed by atoms with van der Waals surface area (Å²) >= 11 is 5.86. The van der Waals surface area contributed by atoms with Crippen LogP contribution in [0, 0.1) is 13.8 Å². The fourth-order valence-electron chi connectivity index (χ4n) is 1.78. The first kappa shape index (κ1) is 13.4. The second kappa shape index (κ2) is 5.28. The molecule has 1 aromatic heterocycles. The average molecular weight is 278 g/mol. The lowest BCUT2D eigenvalue weighted by Crippen LogP contribution is -2.06. The second-order valence-electron chi connectivity index (χ2n) is 4.13. The number of carboxylic acids is 1. The molecule has 5 heteroatoms. The Morgan fingerprint density at radius 2 is 2.05 bits per heavy atom. The van der Waals surface area contributed by atoms with Crippen LogP contribution in [-0.2, 0) is 0 Å². The van der Waals surface area contributed by atoms with Crippen LogP contribution in [0.4, 0.5) is 0 Å². The summed E-state index contributed by atoms with van der Waals surface area (Å²) in [4.78, 5) is 15.4. The van der Waals surface area contributed by atoms with Gasteiger partial charge in [0.05, 0.1) is 0 Å². The number of ether oxygens (including phenoxy) is 1. The lowest BCUT2D eigenvalue weighted by atomic mass is 10.1. The zero-order valence-corrected chi connectivity index (χ0v) is 11.2. The van der Waals surface area contributed by atoms with Crippen molar-refractivity contribution in [3.63, 3.8) is 0 Å². The number of carbonyl (C=O) groups is 1. The zero-order chi connectivity index (χ0) is 14.0. The van der Waals surface area contributed by atoms with Gasteiger partial charge in [0, 0.05) is 10.7 Å². The third-order valence-electron chi connectivity index (χ3n) is 2.54. The third kappa shape index (κ3) is 3.03. The van der Waals surface area contributed by atoms with Gasteiger partial charge in [-0.05, 0) is 43.7 Å². The van der Waals surface area contributed by atoms with Crippen molar-refractivity contribution in [1.29, 1.82) is 0 Å². The van der Waals surface area contributed by atoms with Gasteiger partial charge in [-0.2, -0.15) is 0 Å². The monoisotopic (exact) mass is 277 g/mol. The summed E-state index contributed by atoms with van der Waals surface area (Å²) in [6.07, 6.45) is 0. The van der Waals surface area contributed by atoms with E-state index in [9.17, 15) is 9.90 Å². The Morgan fingerprint density at radius 3 is 2.68 bits per heavy atom. The molecule has 1 aromatic carbocycles. The summed E-state index contributed by atoms with van der Waals surface area (Å²) in [7, 11) is 0. The van der Waals surface area contributed by atoms with Gasteiger partial charge in [0.25, 0.3) is 0 Å². The van der Waals surface area contributed by atoms with Crippen LogP contribution in [0.15, 0.2) is 30.3 Å². The standard InChI is InChI=1S/C14H12ClNO3/c1-8-6-9(2)16-13(12(8)14(17)18)19-11-5-3-4-10(15)7-11/h3-7H,1-2H3,(H,17,18). The fourth-order valence-corrected chi connectivity index (χ4v) is 1.96. The molecule has 0 spiro atoms. The molecule has 2 aromatic rings. The molecule has 4 nitrogen and oxygen atoms in total. The van der Waals surface area contributed by atoms with Crippen molar-refractivity contribution in [3.8, 4) is 11.6 Å². The van der Waals surface area contributed by atoms with Gasteiger partial charge in [-0.3, -0.25) is 0 Å². The molecular weight excluding hydrogens is 266 g/mol. The van der Waals surface area contributed by atoms with Gasteiger partial charge in [-0.1, -0.05) is 17.7 Å². The van der Waals surface area contributed by atoms with E-state index in [-0.39, 0.29) is 11.4 Å². The largest absolute Gasteiger partial charge is 0.477 e. The normalized spacial score (nSPS) is 10.3. The number of carboxylic acid groups (broad SMARTS) is 1. The summed E-state index contributed by atoms with van der Waals surface area (Å²) in [5, 5.41) is 9.74. The fraction of sp³-hybridized carbons (Fsp3) is 0.143. The van der Waals surface area contributed by atoms with Crippen molar-refractivity contribution < 1.29 is 14.6 Å². The number of nitrogens with zero attached hydrogens (tertiary/aromatic N) is 1. The molecule has 0 aliphatic rings. The summed E-state index contributed by atoms with van der Waals surface area (Å²) in [5.74, 6) is -0.540. The van der Waals surface area contributed by atoms with Crippen molar-refractivity contribution in [2.75, 3.05) is 0 Å². The smallest absolute Gasteiger partial charge is 0.341 e. The first-order valence-electron chi connectivity index (χ1n) is 5.62. The number of hydrogen-bond acceptors (Lipinski definition) is 3. The Balaban J connectivity index is 2.47. The van der Waals surface area contributed by atoms with E-state index in [0.29, 0.717) is 22.0 Å². The lowest BCUT2D eigenvalue weighted by Gasteiger charge is -2.11. The molecule has 0 saturated carbocycles. The Morgan fingerprint density at radius 1 is 1.32 bits per heavy atom. The number of hydrogen-bond donors (Lipinski definition) is 1. The maximum Gasteiger partial charge on any atom is 0.341 e. The number of aromatic carboxylic acids is 1. The van der Waals surface area contributed by atoms with E-state index in [0.717, 1.165) is 0 Å². The van der Waals surface area contributed by atoms with Gasteiger partial charge in [-0.15, -0.1) is 0 Å². The van der Waals surface area contributed by atoms with Crippen LogP contribution >= 0.6 is 11.6 Å². The van der Waals surface area contributed by atoms with Crippen LogP contribution in [0.5, 0.6) is 11.6 Å². The molecule has 98 valence electrons. The van der Waals surface area contributed by atoms with Crippen molar-refractivity contribution in [3.05, 3.63) is 52.2 Å². The van der Waals surface area contributed by atoms with Gasteiger partial charge in [0.2, 0.25) is 5.88 Å². The molecular formula is C14H12ClNO3. The van der Waals surface area contributed by atoms with E-state index < -0.39 is 5.97 Å². The summed E-state index contributed by atoms with van der Waals surface area (Å²) in [6.45, 7) is 3.49. The molecule has 0 bridgehead atoms. The maximum atomic E-state index is 11.3. The topological polar surface area (TPSA) is 59.4 Å². The molecule has 1 N–H and O–H groups in total. The number of benzene rings is 1. The Hall–Kier alpha value is -2.07. The minimum atomic E-state index is -1.07. The zero-order valence-electron chi connectivity index (χ0n) is 10.5. The van der Waals surface area contributed by atoms with E-state index in [1.807, 2.05) is 0 Å². The van der Waals surface area contributed by atoms with Gasteiger partial charge < -0.3 is 9.84 Å². The SMILES string of the molecule is Cc1cc(C)c(C(=O)O)c(Oc2cccc(Cl)c2)n1. The highest BCUT2D eigenvalue weighted by atomic mass is 35.5. The van der Waals surface area contributed by atoms with Crippen LogP contribution in [0.25, 0.3) is 0 Å². The molecule has 0 atom stereocenters. The molecule has 1 heterocycles. The number of pyridine rings is 1. The van der Waals surface area contributed by atoms with Crippen LogP contribution < -0.4 is 4.74 Å². The Labute approximate surface area is 115 Å². The Bertz CT molecular complexity index is 641. The molecule has 0 radical (unpaired) electrons. The number of rotatable bonds is 3. The molecule has 19 heavy (non-hydrogen) atoms. The van der Waals surface area contributed by atoms with E-state index in [1.165, 1.54) is 0 Å². The molecule has 0 saturated heterocycles. The van der Waals surface area contributed by atoms with Gasteiger partial charge in [0.15, 0.2) is 0 Å². The van der Waals surface area contributed by atoms with Crippen LogP contribution in [0.2, 0.25) is 5.02 Å². The van der Waals surface area contributed by atoms with Gasteiger partial charge >= 0.3 is 5.97 Å². The van der Waals surface area contributed by atoms with Crippen LogP contribution in [0.1, 0.15) is 21.6 Å². The molecule has 0 amide bonds. The first-order valence-corrected chi connectivity index (χ1v) is 6.00.